The van der Waals surface area contributed by atoms with Gasteiger partial charge in [0.15, 0.2) is 5.16 Å². The highest BCUT2D eigenvalue weighted by molar-refractivity contribution is 7.99. The Hall–Kier alpha value is -1.69. The molecule has 2 aromatic heterocycles. The van der Waals surface area contributed by atoms with E-state index in [1.165, 1.54) is 11.8 Å². The lowest BCUT2D eigenvalue weighted by atomic mass is 10.2. The second-order valence-electron chi connectivity index (χ2n) is 4.91. The third-order valence-corrected chi connectivity index (χ3v) is 3.80. The zero-order chi connectivity index (χ0) is 14.7. The van der Waals surface area contributed by atoms with E-state index in [0.29, 0.717) is 5.16 Å². The van der Waals surface area contributed by atoms with Crippen LogP contribution in [-0.4, -0.2) is 27.0 Å². The molecule has 0 unspecified atom stereocenters. The molecule has 0 aliphatic rings. The van der Waals surface area contributed by atoms with E-state index in [1.54, 1.807) is 0 Å². The molecule has 0 fully saturated rings. The molecular formula is C14H19N5S. The topological polar surface area (TPSA) is 63.6 Å². The van der Waals surface area contributed by atoms with Crippen LogP contribution in [0.2, 0.25) is 0 Å². The van der Waals surface area contributed by atoms with Crippen LogP contribution in [0.1, 0.15) is 36.7 Å². The van der Waals surface area contributed by atoms with Gasteiger partial charge in [-0.15, -0.1) is 0 Å². The highest BCUT2D eigenvalue weighted by atomic mass is 32.2. The average Bonchev–Trinajstić information content (AvgIpc) is 2.43. The van der Waals surface area contributed by atoms with E-state index in [1.807, 2.05) is 33.3 Å². The summed E-state index contributed by atoms with van der Waals surface area (Å²) in [4.78, 5) is 17.8. The fourth-order valence-corrected chi connectivity index (χ4v) is 2.41. The van der Waals surface area contributed by atoms with Gasteiger partial charge in [-0.25, -0.2) is 19.9 Å². The minimum atomic E-state index is 0.279. The van der Waals surface area contributed by atoms with Gasteiger partial charge in [0, 0.05) is 30.9 Å². The van der Waals surface area contributed by atoms with Crippen LogP contribution in [0.15, 0.2) is 22.6 Å². The summed E-state index contributed by atoms with van der Waals surface area (Å²) in [6, 6.07) is 0. The number of hydrogen-bond donors (Lipinski definition) is 1. The highest BCUT2D eigenvalue weighted by Gasteiger charge is 2.14. The van der Waals surface area contributed by atoms with E-state index in [4.69, 9.17) is 0 Å². The highest BCUT2D eigenvalue weighted by Crippen LogP contribution is 2.30. The molecule has 0 atom stereocenters. The minimum Gasteiger partial charge on any atom is -0.373 e. The molecular weight excluding hydrogens is 270 g/mol. The summed E-state index contributed by atoms with van der Waals surface area (Å²) in [5.74, 6) is 1.97. The third-order valence-electron chi connectivity index (χ3n) is 2.82. The van der Waals surface area contributed by atoms with E-state index >= 15 is 0 Å². The van der Waals surface area contributed by atoms with Gasteiger partial charge in [-0.1, -0.05) is 13.8 Å². The van der Waals surface area contributed by atoms with Gasteiger partial charge in [0.2, 0.25) is 0 Å². The molecule has 0 saturated heterocycles. The minimum absolute atomic E-state index is 0.279. The fraction of sp³-hybridized carbons (Fsp3) is 0.429. The summed E-state index contributed by atoms with van der Waals surface area (Å²) in [6.07, 6.45) is 3.63. The van der Waals surface area contributed by atoms with Crippen molar-refractivity contribution in [3.8, 4) is 0 Å². The van der Waals surface area contributed by atoms with Crippen LogP contribution in [0, 0.1) is 13.8 Å². The van der Waals surface area contributed by atoms with Gasteiger partial charge in [-0.2, -0.15) is 0 Å². The van der Waals surface area contributed by atoms with Crippen molar-refractivity contribution >= 4 is 17.6 Å². The van der Waals surface area contributed by atoms with E-state index in [-0.39, 0.29) is 5.92 Å². The van der Waals surface area contributed by atoms with Crippen LogP contribution in [0.4, 0.5) is 5.82 Å². The van der Waals surface area contributed by atoms with Crippen molar-refractivity contribution in [2.45, 2.75) is 43.8 Å². The Kier molecular flexibility index (Phi) is 4.54. The van der Waals surface area contributed by atoms with E-state index in [2.05, 4.69) is 39.1 Å². The molecule has 0 aromatic carbocycles. The Morgan fingerprint density at radius 1 is 1.10 bits per heavy atom. The lowest BCUT2D eigenvalue weighted by Gasteiger charge is -2.12. The molecule has 1 N–H and O–H groups in total. The third kappa shape index (κ3) is 3.25. The van der Waals surface area contributed by atoms with Crippen molar-refractivity contribution in [1.29, 1.82) is 0 Å². The predicted octanol–water partition coefficient (Wildman–Crippen LogP) is 3.20. The quantitative estimate of drug-likeness (QED) is 0.689. The van der Waals surface area contributed by atoms with E-state index < -0.39 is 0 Å². The maximum atomic E-state index is 4.63. The monoisotopic (exact) mass is 289 g/mol. The van der Waals surface area contributed by atoms with Gasteiger partial charge in [-0.3, -0.25) is 0 Å². The molecule has 0 bridgehead atoms. The summed E-state index contributed by atoms with van der Waals surface area (Å²) in [7, 11) is 1.87. The van der Waals surface area contributed by atoms with Gasteiger partial charge in [0.05, 0.1) is 0 Å². The second kappa shape index (κ2) is 6.17. The first-order valence-electron chi connectivity index (χ1n) is 6.54. The Bertz CT molecular complexity index is 595. The lowest BCUT2D eigenvalue weighted by Crippen LogP contribution is -2.06. The summed E-state index contributed by atoms with van der Waals surface area (Å²) in [5.41, 5.74) is 2.07. The van der Waals surface area contributed by atoms with Gasteiger partial charge >= 0.3 is 0 Å². The van der Waals surface area contributed by atoms with Crippen LogP contribution in [0.25, 0.3) is 0 Å². The van der Waals surface area contributed by atoms with Crippen molar-refractivity contribution in [2.75, 3.05) is 12.4 Å². The summed E-state index contributed by atoms with van der Waals surface area (Å²) in [6.45, 7) is 8.15. The number of aryl methyl sites for hydroxylation is 1. The van der Waals surface area contributed by atoms with Crippen molar-refractivity contribution in [3.05, 3.63) is 29.3 Å². The van der Waals surface area contributed by atoms with Crippen molar-refractivity contribution in [2.24, 2.45) is 0 Å². The molecule has 2 aromatic rings. The molecule has 0 amide bonds. The van der Waals surface area contributed by atoms with Crippen molar-refractivity contribution in [3.63, 3.8) is 0 Å². The fourth-order valence-electron chi connectivity index (χ4n) is 1.63. The molecule has 0 aliphatic carbocycles. The molecule has 106 valence electrons. The smallest absolute Gasteiger partial charge is 0.193 e. The predicted molar refractivity (Wildman–Crippen MR) is 81.3 cm³/mol. The first kappa shape index (κ1) is 14.7. The molecule has 0 saturated carbocycles. The Balaban J connectivity index is 2.39. The van der Waals surface area contributed by atoms with Gasteiger partial charge in [0.1, 0.15) is 16.7 Å². The summed E-state index contributed by atoms with van der Waals surface area (Å²) >= 11 is 1.47. The molecule has 2 rings (SSSR count). The summed E-state index contributed by atoms with van der Waals surface area (Å²) in [5, 5.41) is 4.72. The Labute approximate surface area is 123 Å². The van der Waals surface area contributed by atoms with Crippen LogP contribution >= 0.6 is 11.8 Å². The number of aromatic nitrogens is 4. The number of rotatable bonds is 4. The zero-order valence-electron chi connectivity index (χ0n) is 12.4. The molecule has 0 radical (unpaired) electrons. The standard InChI is InChI=1S/C14H19N5S/c1-8(2)11-18-12(15-5)10(4)13(19-11)20-14-16-6-9(3)7-17-14/h6-8H,1-5H3,(H,15,18,19). The molecule has 0 aliphatic heterocycles. The maximum absolute atomic E-state index is 4.63. The molecule has 6 heteroatoms. The van der Waals surface area contributed by atoms with Crippen molar-refractivity contribution in [1.82, 2.24) is 19.9 Å². The molecule has 2 heterocycles. The largest absolute Gasteiger partial charge is 0.373 e. The van der Waals surface area contributed by atoms with Gasteiger partial charge < -0.3 is 5.32 Å². The Morgan fingerprint density at radius 3 is 2.30 bits per heavy atom. The summed E-state index contributed by atoms with van der Waals surface area (Å²) < 4.78 is 0. The SMILES string of the molecule is CNc1nc(C(C)C)nc(Sc2ncc(C)cn2)c1C. The number of nitrogens with one attached hydrogen (secondary N) is 1. The molecule has 20 heavy (non-hydrogen) atoms. The van der Waals surface area contributed by atoms with E-state index in [0.717, 1.165) is 27.8 Å². The number of hydrogen-bond acceptors (Lipinski definition) is 6. The van der Waals surface area contributed by atoms with Gasteiger partial charge in [-0.05, 0) is 31.2 Å². The normalized spacial score (nSPS) is 10.9. The van der Waals surface area contributed by atoms with Crippen molar-refractivity contribution < 1.29 is 0 Å². The molecule has 5 nitrogen and oxygen atoms in total. The van der Waals surface area contributed by atoms with Gasteiger partial charge in [0.25, 0.3) is 0 Å². The Morgan fingerprint density at radius 2 is 1.75 bits per heavy atom. The van der Waals surface area contributed by atoms with Crippen LogP contribution in [0.3, 0.4) is 0 Å². The average molecular weight is 289 g/mol. The molecule has 0 spiro atoms. The maximum Gasteiger partial charge on any atom is 0.193 e. The van der Waals surface area contributed by atoms with Crippen LogP contribution in [0.5, 0.6) is 0 Å². The van der Waals surface area contributed by atoms with Crippen LogP contribution < -0.4 is 5.32 Å². The lowest BCUT2D eigenvalue weighted by molar-refractivity contribution is 0.749. The number of anilines is 1. The zero-order valence-corrected chi connectivity index (χ0v) is 13.2. The number of nitrogens with zero attached hydrogens (tertiary/aromatic N) is 4. The van der Waals surface area contributed by atoms with E-state index in [9.17, 15) is 0 Å². The first-order valence-corrected chi connectivity index (χ1v) is 7.35. The first-order chi connectivity index (χ1) is 9.51. The second-order valence-corrected chi connectivity index (χ2v) is 5.87. The van der Waals surface area contributed by atoms with Crippen LogP contribution in [-0.2, 0) is 0 Å².